The molecule has 3 heterocycles. The summed E-state index contributed by atoms with van der Waals surface area (Å²) in [7, 11) is 0. The Morgan fingerprint density at radius 3 is 2.81 bits per heavy atom. The van der Waals surface area contributed by atoms with Crippen LogP contribution in [0.2, 0.25) is 0 Å². The number of carbonyl (C=O) groups is 1. The van der Waals surface area contributed by atoms with Crippen molar-refractivity contribution in [2.24, 2.45) is 0 Å². The van der Waals surface area contributed by atoms with Crippen molar-refractivity contribution in [1.82, 2.24) is 20.3 Å². The van der Waals surface area contributed by atoms with E-state index in [2.05, 4.69) is 47.2 Å². The van der Waals surface area contributed by atoms with Gasteiger partial charge in [0, 0.05) is 36.0 Å². The Morgan fingerprint density at radius 1 is 1.19 bits per heavy atom. The molecule has 0 saturated carbocycles. The van der Waals surface area contributed by atoms with E-state index < -0.39 is 0 Å². The van der Waals surface area contributed by atoms with Crippen LogP contribution in [0.5, 0.6) is 0 Å². The highest BCUT2D eigenvalue weighted by molar-refractivity contribution is 9.10. The van der Waals surface area contributed by atoms with Gasteiger partial charge in [0.1, 0.15) is 4.88 Å². The predicted molar refractivity (Wildman–Crippen MR) is 105 cm³/mol. The minimum atomic E-state index is -0.0938. The largest absolute Gasteiger partial charge is 0.368 e. The maximum Gasteiger partial charge on any atom is 0.263 e. The predicted octanol–water partition coefficient (Wildman–Crippen LogP) is 3.37. The molecule has 1 saturated heterocycles. The molecule has 1 fully saturated rings. The molecule has 1 amide bonds. The first kappa shape index (κ1) is 17.1. The van der Waals surface area contributed by atoms with Crippen molar-refractivity contribution in [2.45, 2.75) is 12.5 Å². The molecule has 0 radical (unpaired) electrons. The van der Waals surface area contributed by atoms with Crippen molar-refractivity contribution < 1.29 is 4.79 Å². The van der Waals surface area contributed by atoms with Crippen molar-refractivity contribution in [3.05, 3.63) is 58.3 Å². The van der Waals surface area contributed by atoms with Crippen LogP contribution in [0, 0.1) is 0 Å². The number of hydrogen-bond acceptors (Lipinski definition) is 6. The Morgan fingerprint density at radius 2 is 2.00 bits per heavy atom. The van der Waals surface area contributed by atoms with Gasteiger partial charge in [-0.05, 0) is 40.5 Å². The van der Waals surface area contributed by atoms with E-state index in [1.54, 1.807) is 24.7 Å². The van der Waals surface area contributed by atoms with Gasteiger partial charge in [0.2, 0.25) is 0 Å². The lowest BCUT2D eigenvalue weighted by Gasteiger charge is -2.20. The molecule has 1 aliphatic heterocycles. The summed E-state index contributed by atoms with van der Waals surface area (Å²) in [5.41, 5.74) is 1.16. The number of nitrogens with zero attached hydrogens (tertiary/aromatic N) is 4. The van der Waals surface area contributed by atoms with E-state index >= 15 is 0 Å². The number of anilines is 1. The number of carbonyl (C=O) groups excluding carboxylic acids is 1. The lowest BCUT2D eigenvalue weighted by Crippen LogP contribution is -2.36. The van der Waals surface area contributed by atoms with Gasteiger partial charge in [-0.15, -0.1) is 11.3 Å². The molecule has 0 aliphatic carbocycles. The van der Waals surface area contributed by atoms with E-state index in [1.807, 2.05) is 18.2 Å². The number of para-hydroxylation sites is 1. The molecule has 2 aromatic heterocycles. The van der Waals surface area contributed by atoms with Gasteiger partial charge in [0.05, 0.1) is 11.9 Å². The molecule has 8 heteroatoms. The van der Waals surface area contributed by atoms with Gasteiger partial charge in [-0.25, -0.2) is 15.0 Å². The summed E-state index contributed by atoms with van der Waals surface area (Å²) in [4.78, 5) is 28.0. The van der Waals surface area contributed by atoms with E-state index in [4.69, 9.17) is 0 Å². The summed E-state index contributed by atoms with van der Waals surface area (Å²) in [5, 5.41) is 3.76. The van der Waals surface area contributed by atoms with Gasteiger partial charge in [-0.2, -0.15) is 0 Å². The van der Waals surface area contributed by atoms with Gasteiger partial charge < -0.3 is 10.2 Å². The molecule has 1 atom stereocenters. The number of rotatable bonds is 4. The van der Waals surface area contributed by atoms with Crippen molar-refractivity contribution in [3.63, 3.8) is 0 Å². The quantitative estimate of drug-likeness (QED) is 0.688. The monoisotopic (exact) mass is 429 g/mol. The maximum absolute atomic E-state index is 12.5. The summed E-state index contributed by atoms with van der Waals surface area (Å²) in [6, 6.07) is 10.0. The van der Waals surface area contributed by atoms with E-state index in [0.717, 1.165) is 29.7 Å². The number of aromatic nitrogens is 3. The summed E-state index contributed by atoms with van der Waals surface area (Å²) < 4.78 is 1.07. The molecule has 0 bridgehead atoms. The first-order chi connectivity index (χ1) is 12.7. The molecule has 1 aliphatic rings. The molecule has 0 spiro atoms. The minimum absolute atomic E-state index is 0.0938. The fourth-order valence-electron chi connectivity index (χ4n) is 2.95. The van der Waals surface area contributed by atoms with E-state index in [9.17, 15) is 4.79 Å². The van der Waals surface area contributed by atoms with Crippen molar-refractivity contribution in [1.29, 1.82) is 0 Å². The zero-order valence-electron chi connectivity index (χ0n) is 13.8. The smallest absolute Gasteiger partial charge is 0.263 e. The normalized spacial score (nSPS) is 16.7. The molecular formula is C18H16BrN5OS. The second-order valence-electron chi connectivity index (χ2n) is 5.96. The van der Waals surface area contributed by atoms with Crippen LogP contribution < -0.4 is 10.2 Å². The topological polar surface area (TPSA) is 71.0 Å². The molecular weight excluding hydrogens is 414 g/mol. The third kappa shape index (κ3) is 3.61. The summed E-state index contributed by atoms with van der Waals surface area (Å²) in [6.45, 7) is 1.71. The number of nitrogens with one attached hydrogen (secondary N) is 1. The van der Waals surface area contributed by atoms with Gasteiger partial charge in [0.15, 0.2) is 10.8 Å². The average Bonchev–Trinajstić information content (AvgIpc) is 3.33. The summed E-state index contributed by atoms with van der Waals surface area (Å²) >= 11 is 4.90. The summed E-state index contributed by atoms with van der Waals surface area (Å²) in [6.07, 6.45) is 5.84. The highest BCUT2D eigenvalue weighted by atomic mass is 79.9. The molecule has 1 N–H and O–H groups in total. The highest BCUT2D eigenvalue weighted by Gasteiger charge is 2.26. The number of thiazole rings is 1. The lowest BCUT2D eigenvalue weighted by atomic mass is 10.2. The third-order valence-electron chi connectivity index (χ3n) is 4.20. The molecule has 4 rings (SSSR count). The Hall–Kier alpha value is -2.32. The molecule has 3 aromatic rings. The number of benzene rings is 1. The molecule has 26 heavy (non-hydrogen) atoms. The van der Waals surface area contributed by atoms with E-state index in [0.29, 0.717) is 15.7 Å². The number of amides is 1. The fraction of sp³-hybridized carbons (Fsp3) is 0.222. The SMILES string of the molecule is O=C(N[C@H]1CCN(c2ccccc2Br)C1)c1cnc(-c2ncccn2)s1. The lowest BCUT2D eigenvalue weighted by molar-refractivity contribution is 0.0944. The first-order valence-electron chi connectivity index (χ1n) is 8.24. The summed E-state index contributed by atoms with van der Waals surface area (Å²) in [5.74, 6) is 0.446. The Balaban J connectivity index is 1.40. The first-order valence-corrected chi connectivity index (χ1v) is 9.85. The van der Waals surface area contributed by atoms with Gasteiger partial charge in [0.25, 0.3) is 5.91 Å². The fourth-order valence-corrected chi connectivity index (χ4v) is 4.26. The van der Waals surface area contributed by atoms with Crippen molar-refractivity contribution >= 4 is 38.9 Å². The van der Waals surface area contributed by atoms with E-state index in [1.165, 1.54) is 11.3 Å². The molecule has 1 aromatic carbocycles. The van der Waals surface area contributed by atoms with Gasteiger partial charge in [-0.1, -0.05) is 12.1 Å². The zero-order valence-corrected chi connectivity index (χ0v) is 16.2. The van der Waals surface area contributed by atoms with Gasteiger partial charge in [-0.3, -0.25) is 4.79 Å². The number of hydrogen-bond donors (Lipinski definition) is 1. The van der Waals surface area contributed by atoms with Crippen LogP contribution in [-0.2, 0) is 0 Å². The van der Waals surface area contributed by atoms with Crippen LogP contribution in [0.4, 0.5) is 5.69 Å². The van der Waals surface area contributed by atoms with Crippen LogP contribution in [0.25, 0.3) is 10.8 Å². The third-order valence-corrected chi connectivity index (χ3v) is 5.87. The minimum Gasteiger partial charge on any atom is -0.368 e. The van der Waals surface area contributed by atoms with Crippen LogP contribution in [0.1, 0.15) is 16.1 Å². The Labute approximate surface area is 163 Å². The van der Waals surface area contributed by atoms with Crippen LogP contribution >= 0.6 is 27.3 Å². The molecule has 132 valence electrons. The van der Waals surface area contributed by atoms with Crippen LogP contribution in [0.15, 0.2) is 53.4 Å². The molecule has 0 unspecified atom stereocenters. The van der Waals surface area contributed by atoms with E-state index in [-0.39, 0.29) is 11.9 Å². The zero-order chi connectivity index (χ0) is 17.9. The molecule has 6 nitrogen and oxygen atoms in total. The second-order valence-corrected chi connectivity index (χ2v) is 7.84. The number of halogens is 1. The highest BCUT2D eigenvalue weighted by Crippen LogP contribution is 2.29. The van der Waals surface area contributed by atoms with Gasteiger partial charge >= 0.3 is 0 Å². The van der Waals surface area contributed by atoms with Crippen molar-refractivity contribution in [2.75, 3.05) is 18.0 Å². The maximum atomic E-state index is 12.5. The van der Waals surface area contributed by atoms with Crippen molar-refractivity contribution in [3.8, 4) is 10.8 Å². The second kappa shape index (κ2) is 7.51. The van der Waals surface area contributed by atoms with Crippen LogP contribution in [-0.4, -0.2) is 40.0 Å². The standard InChI is InChI=1S/C18H16BrN5OS/c19-13-4-1-2-5-14(13)24-9-6-12(11-24)23-17(25)15-10-22-18(26-15)16-20-7-3-8-21-16/h1-5,7-8,10,12H,6,9,11H2,(H,23,25)/t12-/m0/s1. The van der Waals surface area contributed by atoms with Crippen LogP contribution in [0.3, 0.4) is 0 Å². The Kier molecular flexibility index (Phi) is 4.94. The Bertz CT molecular complexity index is 917. The average molecular weight is 430 g/mol.